The van der Waals surface area contributed by atoms with Gasteiger partial charge < -0.3 is 15.0 Å². The second-order valence-electron chi connectivity index (χ2n) is 11.1. The van der Waals surface area contributed by atoms with Crippen molar-refractivity contribution in [1.82, 2.24) is 9.88 Å². The zero-order valence-corrected chi connectivity index (χ0v) is 21.0. The van der Waals surface area contributed by atoms with Crippen LogP contribution < -0.4 is 5.32 Å². The van der Waals surface area contributed by atoms with Gasteiger partial charge in [0.05, 0.1) is 23.1 Å². The summed E-state index contributed by atoms with van der Waals surface area (Å²) in [4.78, 5) is 24.9. The van der Waals surface area contributed by atoms with Gasteiger partial charge in [0, 0.05) is 23.7 Å². The van der Waals surface area contributed by atoms with Crippen molar-refractivity contribution in [2.75, 3.05) is 0 Å². The Labute approximate surface area is 225 Å². The quantitative estimate of drug-likeness (QED) is 0.248. The van der Waals surface area contributed by atoms with Crippen LogP contribution in [0.2, 0.25) is 0 Å². The van der Waals surface area contributed by atoms with Gasteiger partial charge in [-0.05, 0) is 83.8 Å². The number of hydrogen-bond donors (Lipinski definition) is 2. The number of benzene rings is 3. The first-order valence-electron chi connectivity index (χ1n) is 12.6. The van der Waals surface area contributed by atoms with Crippen LogP contribution >= 0.6 is 0 Å². The molecule has 3 aliphatic rings. The van der Waals surface area contributed by atoms with Crippen molar-refractivity contribution >= 4 is 22.8 Å². The molecule has 0 unspecified atom stereocenters. The molecular weight excluding hydrogens is 531 g/mol. The van der Waals surface area contributed by atoms with Gasteiger partial charge in [0.1, 0.15) is 0 Å². The smallest absolute Gasteiger partial charge is 0.416 e. The molecule has 5 nitrogen and oxygen atoms in total. The molecule has 1 heterocycles. The van der Waals surface area contributed by atoms with Crippen LogP contribution in [0.3, 0.4) is 0 Å². The first-order valence-corrected chi connectivity index (χ1v) is 12.6. The molecule has 4 aromatic rings. The number of aliphatic carboxylic acids is 1. The van der Waals surface area contributed by atoms with E-state index in [9.17, 15) is 31.5 Å². The van der Waals surface area contributed by atoms with Crippen LogP contribution in [0, 0.1) is 17.0 Å². The van der Waals surface area contributed by atoms with Crippen molar-refractivity contribution in [2.24, 2.45) is 5.41 Å². The van der Waals surface area contributed by atoms with Crippen LogP contribution in [0.5, 0.6) is 0 Å². The van der Waals surface area contributed by atoms with E-state index in [1.807, 2.05) is 0 Å². The Morgan fingerprint density at radius 1 is 0.900 bits per heavy atom. The average Bonchev–Trinajstić information content (AvgIpc) is 3.25. The number of carboxylic acids is 1. The third kappa shape index (κ3) is 4.51. The van der Waals surface area contributed by atoms with E-state index in [0.717, 1.165) is 24.3 Å². The molecule has 0 radical (unpaired) electrons. The average molecular weight is 555 g/mol. The van der Waals surface area contributed by atoms with Crippen molar-refractivity contribution in [2.45, 2.75) is 43.9 Å². The predicted molar refractivity (Wildman–Crippen MR) is 137 cm³/mol. The Kier molecular flexibility index (Phi) is 5.80. The lowest BCUT2D eigenvalue weighted by atomic mass is 9.38. The van der Waals surface area contributed by atoms with E-state index >= 15 is 0 Å². The zero-order valence-electron chi connectivity index (χ0n) is 21.0. The Balaban J connectivity index is 1.36. The summed E-state index contributed by atoms with van der Waals surface area (Å²) in [6.45, 7) is 0.194. The third-order valence-corrected chi connectivity index (χ3v) is 8.04. The second-order valence-corrected chi connectivity index (χ2v) is 11.1. The Morgan fingerprint density at radius 2 is 1.60 bits per heavy atom. The van der Waals surface area contributed by atoms with E-state index in [1.54, 1.807) is 29.0 Å². The zero-order chi connectivity index (χ0) is 28.4. The number of nitrogens with one attached hydrogen (secondary N) is 1. The summed E-state index contributed by atoms with van der Waals surface area (Å²) in [7, 11) is 0. The van der Waals surface area contributed by atoms with Crippen LogP contribution in [-0.4, -0.2) is 27.1 Å². The van der Waals surface area contributed by atoms with E-state index in [2.05, 4.69) is 5.32 Å². The second kappa shape index (κ2) is 8.90. The highest BCUT2D eigenvalue weighted by Crippen LogP contribution is 2.69. The van der Waals surface area contributed by atoms with E-state index in [4.69, 9.17) is 5.11 Å². The summed E-state index contributed by atoms with van der Waals surface area (Å²) in [5.74, 6) is -3.29. The van der Waals surface area contributed by atoms with Crippen molar-refractivity contribution in [3.05, 3.63) is 95.2 Å². The lowest BCUT2D eigenvalue weighted by Gasteiger charge is -2.70. The van der Waals surface area contributed by atoms with Gasteiger partial charge in [0.2, 0.25) is 0 Å². The third-order valence-electron chi connectivity index (χ3n) is 8.04. The molecule has 3 saturated carbocycles. The minimum absolute atomic E-state index is 0.0520. The first-order chi connectivity index (χ1) is 18.9. The molecule has 0 spiro atoms. The maximum absolute atomic E-state index is 14.0. The number of fused-ring (bicyclic) bond motifs is 1. The minimum atomic E-state index is -4.45. The number of halogens is 5. The number of nitrogens with zero attached hydrogens (tertiary/aromatic N) is 1. The van der Waals surface area contributed by atoms with Crippen molar-refractivity contribution < 1.29 is 36.6 Å². The minimum Gasteiger partial charge on any atom is -0.481 e. The number of hydrogen-bond acceptors (Lipinski definition) is 2. The van der Waals surface area contributed by atoms with Gasteiger partial charge in [-0.15, -0.1) is 0 Å². The molecule has 3 aliphatic carbocycles. The van der Waals surface area contributed by atoms with Crippen molar-refractivity contribution in [3.8, 4) is 11.1 Å². The number of carboxylic acid groups (broad SMARTS) is 1. The maximum atomic E-state index is 14.0. The van der Waals surface area contributed by atoms with Crippen LogP contribution in [0.15, 0.2) is 66.9 Å². The fourth-order valence-corrected chi connectivity index (χ4v) is 6.44. The molecule has 0 aliphatic heterocycles. The highest BCUT2D eigenvalue weighted by atomic mass is 19.4. The standard InChI is InChI=1S/C30H23F5N2O3/c31-23-6-3-18(11-24(23)32)20-9-19-7-8-37(13-17-1-4-21(5-2-17)30(33,34)35)26(19)22(10-20)27(40)36-29-14-28(15-29,16-29)12-25(38)39/h1-11H,12-16H2,(H,36,40)(H,38,39). The largest absolute Gasteiger partial charge is 0.481 e. The molecule has 2 N–H and O–H groups in total. The fourth-order valence-electron chi connectivity index (χ4n) is 6.44. The molecule has 0 saturated heterocycles. The van der Waals surface area contributed by atoms with Gasteiger partial charge in [-0.1, -0.05) is 18.2 Å². The molecule has 40 heavy (non-hydrogen) atoms. The topological polar surface area (TPSA) is 71.3 Å². The Morgan fingerprint density at radius 3 is 2.23 bits per heavy atom. The van der Waals surface area contributed by atoms with Crippen LogP contribution in [0.1, 0.15) is 47.2 Å². The molecule has 3 aromatic carbocycles. The summed E-state index contributed by atoms with van der Waals surface area (Å²) in [5, 5.41) is 12.9. The van der Waals surface area contributed by atoms with Gasteiger partial charge in [-0.2, -0.15) is 13.2 Å². The summed E-state index contributed by atoms with van der Waals surface area (Å²) in [6, 6.07) is 13.3. The lowest BCUT2D eigenvalue weighted by molar-refractivity contribution is -0.172. The summed E-state index contributed by atoms with van der Waals surface area (Å²) in [5.41, 5.74) is 0.731. The number of rotatable bonds is 7. The van der Waals surface area contributed by atoms with Crippen LogP contribution in [-0.2, 0) is 17.5 Å². The van der Waals surface area contributed by atoms with Gasteiger partial charge in [0.25, 0.3) is 5.91 Å². The normalized spacial score (nSPS) is 21.5. The SMILES string of the molecule is O=C(O)CC12CC(NC(=O)c3cc(-c4ccc(F)c(F)c4)cc4ccn(Cc5ccc(C(F)(F)F)cc5)c34)(C1)C2. The molecule has 7 rings (SSSR count). The molecule has 206 valence electrons. The molecule has 2 bridgehead atoms. The molecule has 10 heteroatoms. The number of aromatic nitrogens is 1. The summed E-state index contributed by atoms with van der Waals surface area (Å²) in [6.07, 6.45) is -0.984. The Hall–Kier alpha value is -4.21. The first kappa shape index (κ1) is 26.0. The van der Waals surface area contributed by atoms with E-state index in [-0.39, 0.29) is 23.9 Å². The number of amides is 1. The Bertz CT molecular complexity index is 1650. The summed E-state index contributed by atoms with van der Waals surface area (Å²) >= 11 is 0. The van der Waals surface area contributed by atoms with Crippen molar-refractivity contribution in [3.63, 3.8) is 0 Å². The van der Waals surface area contributed by atoms with Gasteiger partial charge in [-0.3, -0.25) is 9.59 Å². The number of carbonyl (C=O) groups excluding carboxylic acids is 1. The number of carbonyl (C=O) groups is 2. The van der Waals surface area contributed by atoms with E-state index in [0.29, 0.717) is 46.9 Å². The molecule has 3 fully saturated rings. The monoisotopic (exact) mass is 554 g/mol. The molecule has 1 aromatic heterocycles. The van der Waals surface area contributed by atoms with Crippen LogP contribution in [0.4, 0.5) is 22.0 Å². The fraction of sp³-hybridized carbons (Fsp3) is 0.267. The van der Waals surface area contributed by atoms with Gasteiger partial charge in [0.15, 0.2) is 11.6 Å². The van der Waals surface area contributed by atoms with E-state index < -0.39 is 40.8 Å². The van der Waals surface area contributed by atoms with Crippen molar-refractivity contribution in [1.29, 1.82) is 0 Å². The lowest BCUT2D eigenvalue weighted by Crippen LogP contribution is -2.75. The molecule has 1 amide bonds. The maximum Gasteiger partial charge on any atom is 0.416 e. The van der Waals surface area contributed by atoms with Gasteiger partial charge >= 0.3 is 12.1 Å². The highest BCUT2D eigenvalue weighted by Gasteiger charge is 2.68. The van der Waals surface area contributed by atoms with E-state index in [1.165, 1.54) is 18.2 Å². The van der Waals surface area contributed by atoms with Gasteiger partial charge in [-0.25, -0.2) is 8.78 Å². The van der Waals surface area contributed by atoms with Crippen LogP contribution in [0.25, 0.3) is 22.0 Å². The predicted octanol–water partition coefficient (Wildman–Crippen LogP) is 6.78. The number of alkyl halides is 3. The summed E-state index contributed by atoms with van der Waals surface area (Å²) < 4.78 is 68.4. The highest BCUT2D eigenvalue weighted by molar-refractivity contribution is 6.08. The molecule has 0 atom stereocenters. The molecular formula is C30H23F5N2O3.